The average molecular weight is 282 g/mol. The van der Waals surface area contributed by atoms with E-state index in [1.54, 1.807) is 0 Å². The first-order chi connectivity index (χ1) is 10.8. The van der Waals surface area contributed by atoms with Gasteiger partial charge in [-0.25, -0.2) is 4.98 Å². The number of imidazole rings is 1. The first-order valence-corrected chi connectivity index (χ1v) is 7.52. The number of hydrogen-bond acceptors (Lipinski definition) is 1. The molecule has 0 bridgehead atoms. The zero-order valence-corrected chi connectivity index (χ0v) is 12.2. The Kier molecular flexibility index (Phi) is 2.18. The third kappa shape index (κ3) is 1.37. The summed E-state index contributed by atoms with van der Waals surface area (Å²) in [5, 5.41) is 2.57. The number of nitrogens with zero attached hydrogens (tertiary/aromatic N) is 2. The Balaban J connectivity index is 2.09. The van der Waals surface area contributed by atoms with Crippen molar-refractivity contribution in [3.8, 4) is 11.3 Å². The van der Waals surface area contributed by atoms with Crippen molar-refractivity contribution in [1.82, 2.24) is 9.38 Å². The lowest BCUT2D eigenvalue weighted by molar-refractivity contribution is 1.26. The summed E-state index contributed by atoms with van der Waals surface area (Å²) >= 11 is 0. The molecule has 0 aliphatic rings. The predicted octanol–water partition coefficient (Wildman–Crippen LogP) is 5.05. The van der Waals surface area contributed by atoms with Crippen molar-refractivity contribution in [3.05, 3.63) is 72.3 Å². The number of fused-ring (bicyclic) bond motifs is 3. The van der Waals surface area contributed by atoms with Crippen molar-refractivity contribution in [2.24, 2.45) is 0 Å². The van der Waals surface area contributed by atoms with E-state index in [0.29, 0.717) is 0 Å². The minimum absolute atomic E-state index is 1.06. The second-order valence-electron chi connectivity index (χ2n) is 5.78. The van der Waals surface area contributed by atoms with Crippen LogP contribution >= 0.6 is 0 Å². The molecule has 0 amide bonds. The van der Waals surface area contributed by atoms with E-state index in [9.17, 15) is 0 Å². The van der Waals surface area contributed by atoms with Crippen molar-refractivity contribution in [2.45, 2.75) is 6.92 Å². The largest absolute Gasteiger partial charge is 0.291 e. The van der Waals surface area contributed by atoms with Gasteiger partial charge >= 0.3 is 0 Å². The zero-order chi connectivity index (χ0) is 14.7. The second kappa shape index (κ2) is 4.08. The quantitative estimate of drug-likeness (QED) is 0.420. The van der Waals surface area contributed by atoms with Gasteiger partial charge in [-0.3, -0.25) is 4.40 Å². The fourth-order valence-corrected chi connectivity index (χ4v) is 3.44. The molecule has 0 aliphatic heterocycles. The molecule has 5 rings (SSSR count). The fourth-order valence-electron chi connectivity index (χ4n) is 3.44. The van der Waals surface area contributed by atoms with Gasteiger partial charge in [0.1, 0.15) is 5.65 Å². The van der Waals surface area contributed by atoms with Gasteiger partial charge in [-0.2, -0.15) is 0 Å². The van der Waals surface area contributed by atoms with Gasteiger partial charge in [0, 0.05) is 16.3 Å². The molecule has 0 unspecified atom stereocenters. The van der Waals surface area contributed by atoms with Gasteiger partial charge < -0.3 is 0 Å². The van der Waals surface area contributed by atoms with Crippen molar-refractivity contribution >= 4 is 27.5 Å². The molecule has 3 aromatic heterocycles. The maximum Gasteiger partial charge on any atom is 0.141 e. The SMILES string of the molecule is Cc1ccc2c3ccccc3c3c(-c4ccccc4)nc1n23. The molecule has 22 heavy (non-hydrogen) atoms. The Hall–Kier alpha value is -2.87. The van der Waals surface area contributed by atoms with Gasteiger partial charge in [-0.15, -0.1) is 0 Å². The van der Waals surface area contributed by atoms with Crippen LogP contribution in [-0.2, 0) is 0 Å². The molecule has 0 saturated carbocycles. The predicted molar refractivity (Wildman–Crippen MR) is 91.6 cm³/mol. The molecular formula is C20H14N2. The maximum atomic E-state index is 4.96. The molecule has 0 spiro atoms. The first-order valence-electron chi connectivity index (χ1n) is 7.52. The van der Waals surface area contributed by atoms with Gasteiger partial charge in [0.25, 0.3) is 0 Å². The molecule has 3 heterocycles. The zero-order valence-electron chi connectivity index (χ0n) is 12.2. The highest BCUT2D eigenvalue weighted by molar-refractivity contribution is 6.13. The van der Waals surface area contributed by atoms with Gasteiger partial charge in [-0.05, 0) is 18.6 Å². The van der Waals surface area contributed by atoms with E-state index in [4.69, 9.17) is 4.98 Å². The smallest absolute Gasteiger partial charge is 0.141 e. The summed E-state index contributed by atoms with van der Waals surface area (Å²) in [5.41, 5.74) is 6.96. The van der Waals surface area contributed by atoms with Crippen LogP contribution in [0.1, 0.15) is 5.56 Å². The van der Waals surface area contributed by atoms with E-state index in [2.05, 4.69) is 72.0 Å². The first kappa shape index (κ1) is 11.8. The Bertz CT molecular complexity index is 1120. The molecule has 0 N–H and O–H groups in total. The third-order valence-electron chi connectivity index (χ3n) is 4.47. The highest BCUT2D eigenvalue weighted by Gasteiger charge is 2.19. The summed E-state index contributed by atoms with van der Waals surface area (Å²) in [6.45, 7) is 2.13. The number of pyridine rings is 1. The summed E-state index contributed by atoms with van der Waals surface area (Å²) in [7, 11) is 0. The molecule has 2 aromatic carbocycles. The number of benzene rings is 2. The standard InChI is InChI=1S/C20H14N2/c1-13-11-12-17-15-9-5-6-10-16(15)19-18(21-20(13)22(17)19)14-7-3-2-4-8-14/h2-12H,1H3. The average Bonchev–Trinajstić information content (AvgIpc) is 3.11. The highest BCUT2D eigenvalue weighted by Crippen LogP contribution is 2.37. The maximum absolute atomic E-state index is 4.96. The van der Waals surface area contributed by atoms with Gasteiger partial charge in [0.15, 0.2) is 0 Å². The fraction of sp³-hybridized carbons (Fsp3) is 0.0500. The van der Waals surface area contributed by atoms with Crippen LogP contribution in [0, 0.1) is 6.92 Å². The summed E-state index contributed by atoms with van der Waals surface area (Å²) in [4.78, 5) is 4.96. The van der Waals surface area contributed by atoms with Gasteiger partial charge in [0.2, 0.25) is 0 Å². The lowest BCUT2D eigenvalue weighted by Crippen LogP contribution is -1.86. The third-order valence-corrected chi connectivity index (χ3v) is 4.47. The molecule has 0 radical (unpaired) electrons. The second-order valence-corrected chi connectivity index (χ2v) is 5.78. The number of aromatic nitrogens is 2. The molecule has 2 heteroatoms. The summed E-state index contributed by atoms with van der Waals surface area (Å²) in [6, 6.07) is 23.4. The molecular weight excluding hydrogens is 268 g/mol. The Morgan fingerprint density at radius 2 is 1.50 bits per heavy atom. The number of rotatable bonds is 1. The lowest BCUT2D eigenvalue weighted by atomic mass is 10.1. The Labute approximate surface area is 128 Å². The van der Waals surface area contributed by atoms with Crippen LogP contribution in [0.5, 0.6) is 0 Å². The van der Waals surface area contributed by atoms with E-state index in [-0.39, 0.29) is 0 Å². The summed E-state index contributed by atoms with van der Waals surface area (Å²) < 4.78 is 2.31. The van der Waals surface area contributed by atoms with Crippen LogP contribution in [-0.4, -0.2) is 9.38 Å². The van der Waals surface area contributed by atoms with E-state index in [0.717, 1.165) is 11.3 Å². The van der Waals surface area contributed by atoms with Crippen molar-refractivity contribution in [3.63, 3.8) is 0 Å². The molecule has 5 aromatic rings. The Morgan fingerprint density at radius 3 is 2.32 bits per heavy atom. The van der Waals surface area contributed by atoms with Crippen molar-refractivity contribution in [2.75, 3.05) is 0 Å². The summed E-state index contributed by atoms with van der Waals surface area (Å²) in [5.74, 6) is 0. The van der Waals surface area contributed by atoms with Crippen molar-refractivity contribution < 1.29 is 0 Å². The van der Waals surface area contributed by atoms with E-state index >= 15 is 0 Å². The van der Waals surface area contributed by atoms with Gasteiger partial charge in [-0.1, -0.05) is 60.7 Å². The van der Waals surface area contributed by atoms with Crippen LogP contribution < -0.4 is 0 Å². The normalized spacial score (nSPS) is 11.9. The molecule has 0 fully saturated rings. The molecule has 0 aliphatic carbocycles. The minimum Gasteiger partial charge on any atom is -0.291 e. The highest BCUT2D eigenvalue weighted by atomic mass is 15.0. The van der Waals surface area contributed by atoms with Crippen LogP contribution in [0.2, 0.25) is 0 Å². The van der Waals surface area contributed by atoms with E-state index in [1.807, 2.05) is 6.07 Å². The van der Waals surface area contributed by atoms with Crippen LogP contribution in [0.4, 0.5) is 0 Å². The van der Waals surface area contributed by atoms with Crippen LogP contribution in [0.3, 0.4) is 0 Å². The number of aryl methyl sites for hydroxylation is 1. The number of hydrogen-bond donors (Lipinski definition) is 0. The monoisotopic (exact) mass is 282 g/mol. The molecule has 2 nitrogen and oxygen atoms in total. The molecule has 104 valence electrons. The molecule has 0 saturated heterocycles. The van der Waals surface area contributed by atoms with E-state index < -0.39 is 0 Å². The van der Waals surface area contributed by atoms with Gasteiger partial charge in [0.05, 0.1) is 16.7 Å². The Morgan fingerprint density at radius 1 is 0.773 bits per heavy atom. The minimum atomic E-state index is 1.06. The van der Waals surface area contributed by atoms with E-state index in [1.165, 1.54) is 32.9 Å². The van der Waals surface area contributed by atoms with Crippen LogP contribution in [0.15, 0.2) is 66.7 Å². The van der Waals surface area contributed by atoms with Crippen LogP contribution in [0.25, 0.3) is 38.7 Å². The summed E-state index contributed by atoms with van der Waals surface area (Å²) in [6.07, 6.45) is 0. The molecule has 0 atom stereocenters. The van der Waals surface area contributed by atoms with Crippen molar-refractivity contribution in [1.29, 1.82) is 0 Å². The lowest BCUT2D eigenvalue weighted by Gasteiger charge is -1.98. The topological polar surface area (TPSA) is 17.3 Å².